The molecule has 2 rings (SSSR count). The first-order valence-electron chi connectivity index (χ1n) is 6.84. The first-order valence-corrected chi connectivity index (χ1v) is 8.03. The van der Waals surface area contributed by atoms with Crippen molar-refractivity contribution in [2.24, 2.45) is 5.92 Å². The van der Waals surface area contributed by atoms with Crippen LogP contribution in [0, 0.1) is 5.92 Å². The number of piperidine rings is 1. The summed E-state index contributed by atoms with van der Waals surface area (Å²) >= 11 is 7.44. The summed E-state index contributed by atoms with van der Waals surface area (Å²) in [5, 5.41) is 3.39. The summed E-state index contributed by atoms with van der Waals surface area (Å²) in [6.45, 7) is 2.86. The van der Waals surface area contributed by atoms with E-state index < -0.39 is 0 Å². The second kappa shape index (κ2) is 7.27. The van der Waals surface area contributed by atoms with Gasteiger partial charge in [0.2, 0.25) is 5.91 Å². The van der Waals surface area contributed by atoms with Crippen LogP contribution < -0.4 is 5.32 Å². The molecule has 0 saturated carbocycles. The van der Waals surface area contributed by atoms with Crippen molar-refractivity contribution in [3.63, 3.8) is 0 Å². The molecule has 1 aliphatic rings. The number of amides is 1. The van der Waals surface area contributed by atoms with Crippen LogP contribution in [0.3, 0.4) is 0 Å². The predicted octanol–water partition coefficient (Wildman–Crippen LogP) is 3.14. The number of hydrogen-bond acceptors (Lipinski definition) is 3. The molecule has 0 aliphatic carbocycles. The Morgan fingerprint density at radius 1 is 1.58 bits per heavy atom. The minimum absolute atomic E-state index is 0.232. The standard InChI is InChI=1S/C14H21ClN2OS/c1-17(10-12-5-6-13(15)19-12)14(18)7-4-11-3-2-8-16-9-11/h5-6,11,16H,2-4,7-10H2,1H3. The van der Waals surface area contributed by atoms with Crippen molar-refractivity contribution in [3.05, 3.63) is 21.3 Å². The number of rotatable bonds is 5. The first kappa shape index (κ1) is 14.8. The Kier molecular flexibility index (Phi) is 5.67. The highest BCUT2D eigenvalue weighted by Gasteiger charge is 2.16. The average molecular weight is 301 g/mol. The van der Waals surface area contributed by atoms with Crippen LogP contribution in [0.5, 0.6) is 0 Å². The Balaban J connectivity index is 1.72. The van der Waals surface area contributed by atoms with Crippen LogP contribution in [0.15, 0.2) is 12.1 Å². The fourth-order valence-electron chi connectivity index (χ4n) is 2.45. The van der Waals surface area contributed by atoms with E-state index >= 15 is 0 Å². The summed E-state index contributed by atoms with van der Waals surface area (Å²) in [4.78, 5) is 15.0. The zero-order chi connectivity index (χ0) is 13.7. The van der Waals surface area contributed by atoms with E-state index in [9.17, 15) is 4.79 Å². The van der Waals surface area contributed by atoms with Gasteiger partial charge in [0.1, 0.15) is 0 Å². The van der Waals surface area contributed by atoms with Gasteiger partial charge < -0.3 is 10.2 Å². The summed E-state index contributed by atoms with van der Waals surface area (Å²) in [5.41, 5.74) is 0. The quantitative estimate of drug-likeness (QED) is 0.906. The lowest BCUT2D eigenvalue weighted by atomic mass is 9.94. The molecule has 1 aromatic rings. The van der Waals surface area contributed by atoms with Crippen LogP contribution in [0.2, 0.25) is 4.34 Å². The predicted molar refractivity (Wildman–Crippen MR) is 80.6 cm³/mol. The lowest BCUT2D eigenvalue weighted by Crippen LogP contribution is -2.31. The van der Waals surface area contributed by atoms with Crippen LogP contribution in [0.4, 0.5) is 0 Å². The number of halogens is 1. The number of nitrogens with zero attached hydrogens (tertiary/aromatic N) is 1. The molecule has 1 fully saturated rings. The molecule has 19 heavy (non-hydrogen) atoms. The number of thiophene rings is 1. The van der Waals surface area contributed by atoms with Crippen LogP contribution in [-0.2, 0) is 11.3 Å². The van der Waals surface area contributed by atoms with Crippen molar-refractivity contribution in [3.8, 4) is 0 Å². The maximum atomic E-state index is 12.1. The fourth-order valence-corrected chi connectivity index (χ4v) is 3.59. The second-order valence-electron chi connectivity index (χ2n) is 5.21. The highest BCUT2D eigenvalue weighted by Crippen LogP contribution is 2.23. The van der Waals surface area contributed by atoms with Gasteiger partial charge in [-0.3, -0.25) is 4.79 Å². The van der Waals surface area contributed by atoms with Crippen molar-refractivity contribution >= 4 is 28.8 Å². The fraction of sp³-hybridized carbons (Fsp3) is 0.643. The van der Waals surface area contributed by atoms with Gasteiger partial charge in [0, 0.05) is 18.3 Å². The third-order valence-corrected chi connectivity index (χ3v) is 4.83. The molecular weight excluding hydrogens is 280 g/mol. The van der Waals surface area contributed by atoms with E-state index in [0.29, 0.717) is 18.9 Å². The Bertz CT molecular complexity index is 415. The largest absolute Gasteiger partial charge is 0.341 e. The van der Waals surface area contributed by atoms with E-state index in [0.717, 1.165) is 28.7 Å². The molecule has 0 radical (unpaired) electrons. The van der Waals surface area contributed by atoms with Crippen molar-refractivity contribution in [2.45, 2.75) is 32.2 Å². The maximum Gasteiger partial charge on any atom is 0.222 e. The second-order valence-corrected chi connectivity index (χ2v) is 7.01. The van der Waals surface area contributed by atoms with Gasteiger partial charge in [-0.2, -0.15) is 0 Å². The Labute approximate surface area is 123 Å². The van der Waals surface area contributed by atoms with Crippen molar-refractivity contribution in [2.75, 3.05) is 20.1 Å². The molecule has 3 nitrogen and oxygen atoms in total. The molecule has 106 valence electrons. The molecule has 1 aromatic heterocycles. The summed E-state index contributed by atoms with van der Waals surface area (Å²) < 4.78 is 0.782. The molecule has 1 saturated heterocycles. The Morgan fingerprint density at radius 2 is 2.42 bits per heavy atom. The molecule has 1 atom stereocenters. The number of carbonyl (C=O) groups excluding carboxylic acids is 1. The summed E-state index contributed by atoms with van der Waals surface area (Å²) in [7, 11) is 1.87. The van der Waals surface area contributed by atoms with Crippen molar-refractivity contribution in [1.29, 1.82) is 0 Å². The molecule has 0 spiro atoms. The van der Waals surface area contributed by atoms with Crippen LogP contribution >= 0.6 is 22.9 Å². The monoisotopic (exact) mass is 300 g/mol. The highest BCUT2D eigenvalue weighted by molar-refractivity contribution is 7.16. The summed E-state index contributed by atoms with van der Waals surface area (Å²) in [6.07, 6.45) is 4.15. The van der Waals surface area contributed by atoms with Gasteiger partial charge in [-0.15, -0.1) is 11.3 Å². The van der Waals surface area contributed by atoms with Gasteiger partial charge in [0.05, 0.1) is 10.9 Å². The van der Waals surface area contributed by atoms with Gasteiger partial charge in [-0.25, -0.2) is 0 Å². The number of carbonyl (C=O) groups is 1. The average Bonchev–Trinajstić information content (AvgIpc) is 2.82. The maximum absolute atomic E-state index is 12.1. The van der Waals surface area contributed by atoms with Crippen LogP contribution in [-0.4, -0.2) is 30.9 Å². The normalized spacial score (nSPS) is 19.4. The molecule has 1 amide bonds. The highest BCUT2D eigenvalue weighted by atomic mass is 35.5. The van der Waals surface area contributed by atoms with Crippen molar-refractivity contribution < 1.29 is 4.79 Å². The molecule has 0 bridgehead atoms. The zero-order valence-corrected chi connectivity index (χ0v) is 12.9. The third kappa shape index (κ3) is 4.79. The number of nitrogens with one attached hydrogen (secondary N) is 1. The van der Waals surface area contributed by atoms with Crippen LogP contribution in [0.1, 0.15) is 30.6 Å². The summed E-state index contributed by atoms with van der Waals surface area (Å²) in [6, 6.07) is 3.87. The Hall–Kier alpha value is -0.580. The molecule has 5 heteroatoms. The smallest absolute Gasteiger partial charge is 0.222 e. The zero-order valence-electron chi connectivity index (χ0n) is 11.3. The minimum Gasteiger partial charge on any atom is -0.341 e. The number of hydrogen-bond donors (Lipinski definition) is 1. The van der Waals surface area contributed by atoms with E-state index in [1.165, 1.54) is 12.8 Å². The molecule has 2 heterocycles. The molecule has 0 aromatic carbocycles. The van der Waals surface area contributed by atoms with Crippen LogP contribution in [0.25, 0.3) is 0 Å². The van der Waals surface area contributed by atoms with E-state index in [4.69, 9.17) is 11.6 Å². The third-order valence-electron chi connectivity index (χ3n) is 3.61. The van der Waals surface area contributed by atoms with E-state index in [1.54, 1.807) is 16.2 Å². The van der Waals surface area contributed by atoms with Gasteiger partial charge in [-0.05, 0) is 50.4 Å². The SMILES string of the molecule is CN(Cc1ccc(Cl)s1)C(=O)CCC1CCCNC1. The van der Waals surface area contributed by atoms with E-state index in [2.05, 4.69) is 5.32 Å². The molecule has 1 N–H and O–H groups in total. The lowest BCUT2D eigenvalue weighted by molar-refractivity contribution is -0.130. The Morgan fingerprint density at radius 3 is 3.05 bits per heavy atom. The van der Waals surface area contributed by atoms with Gasteiger partial charge in [-0.1, -0.05) is 11.6 Å². The molecule has 1 unspecified atom stereocenters. The van der Waals surface area contributed by atoms with Crippen molar-refractivity contribution in [1.82, 2.24) is 10.2 Å². The van der Waals surface area contributed by atoms with E-state index in [1.807, 2.05) is 19.2 Å². The van der Waals surface area contributed by atoms with Gasteiger partial charge in [0.15, 0.2) is 0 Å². The van der Waals surface area contributed by atoms with Gasteiger partial charge >= 0.3 is 0 Å². The lowest BCUT2D eigenvalue weighted by Gasteiger charge is -2.23. The minimum atomic E-state index is 0.232. The summed E-state index contributed by atoms with van der Waals surface area (Å²) in [5.74, 6) is 0.900. The van der Waals surface area contributed by atoms with Gasteiger partial charge in [0.25, 0.3) is 0 Å². The molecular formula is C14H21ClN2OS. The first-order chi connectivity index (χ1) is 9.15. The van der Waals surface area contributed by atoms with E-state index in [-0.39, 0.29) is 5.91 Å². The molecule has 1 aliphatic heterocycles. The topological polar surface area (TPSA) is 32.3 Å².